The first-order valence-electron chi connectivity index (χ1n) is 5.99. The van der Waals surface area contributed by atoms with Crippen LogP contribution in [0.4, 0.5) is 0 Å². The summed E-state index contributed by atoms with van der Waals surface area (Å²) in [6, 6.07) is 0. The maximum Gasteiger partial charge on any atom is 0.145 e. The molecule has 0 aliphatic carbocycles. The zero-order chi connectivity index (χ0) is 9.94. The van der Waals surface area contributed by atoms with E-state index in [1.807, 2.05) is 0 Å². The summed E-state index contributed by atoms with van der Waals surface area (Å²) in [7, 11) is 0. The zero-order valence-corrected chi connectivity index (χ0v) is 9.77. The van der Waals surface area contributed by atoms with E-state index < -0.39 is 0 Å². The largest absolute Gasteiger partial charge is 0.422 e. The van der Waals surface area contributed by atoms with Gasteiger partial charge in [-0.15, -0.1) is 0 Å². The molecule has 0 radical (unpaired) electrons. The molecule has 0 N–H and O–H groups in total. The van der Waals surface area contributed by atoms with Gasteiger partial charge in [-0.25, -0.2) is 0 Å². The van der Waals surface area contributed by atoms with E-state index in [4.69, 9.17) is 0 Å². The van der Waals surface area contributed by atoms with Crippen molar-refractivity contribution in [2.24, 2.45) is 0 Å². The molecule has 1 heteroatoms. The highest BCUT2D eigenvalue weighted by molar-refractivity contribution is 4.46. The van der Waals surface area contributed by atoms with Crippen LogP contribution in [0.15, 0.2) is 0 Å². The molecule has 0 aliphatic rings. The number of rotatable bonds is 9. The van der Waals surface area contributed by atoms with Gasteiger partial charge >= 0.3 is 0 Å². The smallest absolute Gasteiger partial charge is 0.145 e. The van der Waals surface area contributed by atoms with Gasteiger partial charge < -0.3 is 4.37 Å². The van der Waals surface area contributed by atoms with Gasteiger partial charge in [0.25, 0.3) is 0 Å². The molecule has 0 aromatic carbocycles. The Morgan fingerprint density at radius 3 is 1.15 bits per heavy atom. The van der Waals surface area contributed by atoms with Crippen molar-refractivity contribution in [1.82, 2.24) is 0 Å². The van der Waals surface area contributed by atoms with Crippen LogP contribution in [-0.2, 0) is 4.37 Å². The SMILES string of the molecule is CCCC[O+](CCCC)CCCC. The summed E-state index contributed by atoms with van der Waals surface area (Å²) in [6.07, 6.45) is 7.92. The van der Waals surface area contributed by atoms with E-state index in [1.54, 1.807) is 0 Å². The monoisotopic (exact) mass is 187 g/mol. The zero-order valence-electron chi connectivity index (χ0n) is 9.77. The normalized spacial score (nSPS) is 11.1. The van der Waals surface area contributed by atoms with Crippen LogP contribution in [0.25, 0.3) is 0 Å². The second kappa shape index (κ2) is 10.0. The van der Waals surface area contributed by atoms with Crippen molar-refractivity contribution in [1.29, 1.82) is 0 Å². The van der Waals surface area contributed by atoms with Gasteiger partial charge in [0.1, 0.15) is 19.8 Å². The van der Waals surface area contributed by atoms with Crippen LogP contribution >= 0.6 is 0 Å². The van der Waals surface area contributed by atoms with Gasteiger partial charge in [-0.2, -0.15) is 0 Å². The molecule has 0 atom stereocenters. The summed E-state index contributed by atoms with van der Waals surface area (Å²) >= 11 is 0. The fraction of sp³-hybridized carbons (Fsp3) is 1.00. The Morgan fingerprint density at radius 2 is 0.923 bits per heavy atom. The Kier molecular flexibility index (Phi) is 10.0. The molecule has 0 aromatic rings. The summed E-state index contributed by atoms with van der Waals surface area (Å²) in [6.45, 7) is 10.5. The molecule has 0 bridgehead atoms. The van der Waals surface area contributed by atoms with E-state index in [0.717, 1.165) is 0 Å². The van der Waals surface area contributed by atoms with E-state index >= 15 is 0 Å². The Bertz CT molecular complexity index is 72.1. The average molecular weight is 187 g/mol. The van der Waals surface area contributed by atoms with Crippen LogP contribution in [0.3, 0.4) is 0 Å². The molecule has 0 heterocycles. The first-order chi connectivity index (χ1) is 6.35. The number of hydrogen-bond donors (Lipinski definition) is 0. The Balaban J connectivity index is 3.47. The highest BCUT2D eigenvalue weighted by atomic mass is 16.7. The van der Waals surface area contributed by atoms with Gasteiger partial charge in [0, 0.05) is 19.3 Å². The molecule has 0 aromatic heterocycles. The van der Waals surface area contributed by atoms with Gasteiger partial charge in [0.05, 0.1) is 0 Å². The molecule has 1 nitrogen and oxygen atoms in total. The van der Waals surface area contributed by atoms with E-state index in [2.05, 4.69) is 25.1 Å². The lowest BCUT2D eigenvalue weighted by molar-refractivity contribution is -0.142. The van der Waals surface area contributed by atoms with Gasteiger partial charge in [-0.1, -0.05) is 20.8 Å². The van der Waals surface area contributed by atoms with Gasteiger partial charge in [0.2, 0.25) is 0 Å². The van der Waals surface area contributed by atoms with E-state index in [-0.39, 0.29) is 0 Å². The van der Waals surface area contributed by atoms with Gasteiger partial charge in [-0.3, -0.25) is 0 Å². The lowest BCUT2D eigenvalue weighted by Crippen LogP contribution is -2.18. The Labute approximate surface area is 84.2 Å². The number of hydrogen-bond acceptors (Lipinski definition) is 0. The maximum atomic E-state index is 3.43. The lowest BCUT2D eigenvalue weighted by Gasteiger charge is -2.18. The van der Waals surface area contributed by atoms with Crippen LogP contribution in [0.1, 0.15) is 59.3 Å². The first-order valence-corrected chi connectivity index (χ1v) is 5.99. The van der Waals surface area contributed by atoms with Crippen molar-refractivity contribution in [3.63, 3.8) is 0 Å². The molecule has 0 saturated carbocycles. The molecular weight excluding hydrogens is 160 g/mol. The quantitative estimate of drug-likeness (QED) is 0.481. The minimum Gasteiger partial charge on any atom is -0.422 e. The molecule has 0 aliphatic heterocycles. The highest BCUT2D eigenvalue weighted by Crippen LogP contribution is 2.06. The van der Waals surface area contributed by atoms with Crippen molar-refractivity contribution < 1.29 is 4.37 Å². The molecule has 0 saturated heterocycles. The summed E-state index contributed by atoms with van der Waals surface area (Å²) < 4.78 is 3.43. The third-order valence-electron chi connectivity index (χ3n) is 2.36. The van der Waals surface area contributed by atoms with Crippen molar-refractivity contribution >= 4 is 0 Å². The second-order valence-corrected chi connectivity index (χ2v) is 3.79. The lowest BCUT2D eigenvalue weighted by atomic mass is 10.3. The predicted octanol–water partition coefficient (Wildman–Crippen LogP) is 3.94. The number of unbranched alkanes of at least 4 members (excludes halogenated alkanes) is 3. The molecule has 0 unspecified atom stereocenters. The molecule has 13 heavy (non-hydrogen) atoms. The van der Waals surface area contributed by atoms with Gasteiger partial charge in [0.15, 0.2) is 0 Å². The third kappa shape index (κ3) is 8.29. The fourth-order valence-electron chi connectivity index (χ4n) is 1.35. The van der Waals surface area contributed by atoms with Crippen LogP contribution < -0.4 is 0 Å². The van der Waals surface area contributed by atoms with Crippen molar-refractivity contribution in [2.75, 3.05) is 19.8 Å². The minimum atomic E-state index is 1.23. The fourth-order valence-corrected chi connectivity index (χ4v) is 1.35. The van der Waals surface area contributed by atoms with Crippen molar-refractivity contribution in [2.45, 2.75) is 59.3 Å². The average Bonchev–Trinajstić information content (AvgIpc) is 2.17. The Morgan fingerprint density at radius 1 is 0.615 bits per heavy atom. The summed E-state index contributed by atoms with van der Waals surface area (Å²) in [5, 5.41) is 0. The summed E-state index contributed by atoms with van der Waals surface area (Å²) in [5.41, 5.74) is 0. The molecule has 0 amide bonds. The molecule has 0 fully saturated rings. The standard InChI is InChI=1S/C12H27O/c1-4-7-10-13(11-8-5-2)12-9-6-3/h4-12H2,1-3H3/q+1. The molecule has 0 rings (SSSR count). The highest BCUT2D eigenvalue weighted by Gasteiger charge is 2.06. The van der Waals surface area contributed by atoms with Crippen LogP contribution in [0, 0.1) is 0 Å². The molecular formula is C12H27O+. The predicted molar refractivity (Wildman–Crippen MR) is 60.4 cm³/mol. The Hall–Kier alpha value is -0.0400. The van der Waals surface area contributed by atoms with Crippen LogP contribution in [0.2, 0.25) is 0 Å². The maximum absolute atomic E-state index is 3.43. The van der Waals surface area contributed by atoms with Gasteiger partial charge in [-0.05, 0) is 19.3 Å². The van der Waals surface area contributed by atoms with E-state index in [9.17, 15) is 0 Å². The molecule has 80 valence electrons. The third-order valence-corrected chi connectivity index (χ3v) is 2.36. The van der Waals surface area contributed by atoms with Crippen LogP contribution in [0.5, 0.6) is 0 Å². The second-order valence-electron chi connectivity index (χ2n) is 3.79. The van der Waals surface area contributed by atoms with E-state index in [0.29, 0.717) is 0 Å². The minimum absolute atomic E-state index is 1.23. The first kappa shape index (κ1) is 13.0. The summed E-state index contributed by atoms with van der Waals surface area (Å²) in [4.78, 5) is 0. The molecule has 0 spiro atoms. The van der Waals surface area contributed by atoms with E-state index in [1.165, 1.54) is 58.3 Å². The van der Waals surface area contributed by atoms with Crippen LogP contribution in [-0.4, -0.2) is 19.8 Å². The van der Waals surface area contributed by atoms with Crippen molar-refractivity contribution in [3.8, 4) is 0 Å². The van der Waals surface area contributed by atoms with Crippen molar-refractivity contribution in [3.05, 3.63) is 0 Å². The topological polar surface area (TPSA) is 2.70 Å². The summed E-state index contributed by atoms with van der Waals surface area (Å²) in [5.74, 6) is 0.